The van der Waals surface area contributed by atoms with Crippen molar-refractivity contribution in [2.24, 2.45) is 5.92 Å². The second kappa shape index (κ2) is 8.58. The maximum atomic E-state index is 13.7. The summed E-state index contributed by atoms with van der Waals surface area (Å²) in [6.07, 6.45) is -2.07. The molecule has 0 spiro atoms. The first kappa shape index (κ1) is 19.8. The van der Waals surface area contributed by atoms with Crippen LogP contribution in [0.15, 0.2) is 24.3 Å². The van der Waals surface area contributed by atoms with Gasteiger partial charge >= 0.3 is 17.9 Å². The lowest BCUT2D eigenvalue weighted by Crippen LogP contribution is -2.47. The molecule has 0 saturated carbocycles. The van der Waals surface area contributed by atoms with Crippen molar-refractivity contribution in [3.05, 3.63) is 29.8 Å². The Labute approximate surface area is 138 Å². The van der Waals surface area contributed by atoms with Gasteiger partial charge in [-0.1, -0.05) is 13.8 Å². The molecule has 1 aromatic rings. The molecule has 1 atom stereocenters. The lowest BCUT2D eigenvalue weighted by molar-refractivity contribution is -0.187. The number of carboxylic acids is 1. The standard InChI is InChI=1S/C16H20F2O6/c1-4-22-9-23-12-7-5-11(6-8-12)14(19)24-13(10(2)3)16(17,18)15(20)21/h5-8,10,13H,4,9H2,1-3H3,(H,20,21). The van der Waals surface area contributed by atoms with E-state index in [1.165, 1.54) is 38.1 Å². The second-order valence-corrected chi connectivity index (χ2v) is 5.28. The lowest BCUT2D eigenvalue weighted by Gasteiger charge is -2.26. The quantitative estimate of drug-likeness (QED) is 0.421. The maximum Gasteiger partial charge on any atom is 0.378 e. The minimum Gasteiger partial charge on any atom is -0.477 e. The van der Waals surface area contributed by atoms with Crippen LogP contribution < -0.4 is 4.74 Å². The third-order valence-electron chi connectivity index (χ3n) is 3.09. The highest BCUT2D eigenvalue weighted by molar-refractivity contribution is 5.90. The first-order valence-electron chi connectivity index (χ1n) is 7.32. The molecule has 0 bridgehead atoms. The van der Waals surface area contributed by atoms with E-state index >= 15 is 0 Å². The van der Waals surface area contributed by atoms with Crippen molar-refractivity contribution in [2.75, 3.05) is 13.4 Å². The third-order valence-corrected chi connectivity index (χ3v) is 3.09. The van der Waals surface area contributed by atoms with Crippen molar-refractivity contribution >= 4 is 11.9 Å². The monoisotopic (exact) mass is 346 g/mol. The fourth-order valence-corrected chi connectivity index (χ4v) is 1.81. The Kier molecular flexibility index (Phi) is 7.09. The van der Waals surface area contributed by atoms with Crippen LogP contribution in [0.25, 0.3) is 0 Å². The van der Waals surface area contributed by atoms with E-state index < -0.39 is 29.9 Å². The maximum absolute atomic E-state index is 13.7. The highest BCUT2D eigenvalue weighted by atomic mass is 19.3. The molecule has 1 aromatic carbocycles. The summed E-state index contributed by atoms with van der Waals surface area (Å²) in [4.78, 5) is 22.7. The molecular formula is C16H20F2O6. The molecular weight excluding hydrogens is 326 g/mol. The van der Waals surface area contributed by atoms with Crippen molar-refractivity contribution in [3.8, 4) is 5.75 Å². The number of carbonyl (C=O) groups excluding carboxylic acids is 1. The molecule has 0 aliphatic heterocycles. The Balaban J connectivity index is 2.80. The highest BCUT2D eigenvalue weighted by Gasteiger charge is 2.51. The van der Waals surface area contributed by atoms with E-state index in [0.29, 0.717) is 12.4 Å². The molecule has 1 unspecified atom stereocenters. The van der Waals surface area contributed by atoms with Crippen LogP contribution in [-0.2, 0) is 14.3 Å². The molecule has 0 aromatic heterocycles. The van der Waals surface area contributed by atoms with Crippen molar-refractivity contribution in [1.82, 2.24) is 0 Å². The predicted molar refractivity (Wildman–Crippen MR) is 80.2 cm³/mol. The fraction of sp³-hybridized carbons (Fsp3) is 0.500. The molecule has 0 radical (unpaired) electrons. The summed E-state index contributed by atoms with van der Waals surface area (Å²) < 4.78 is 42.3. The smallest absolute Gasteiger partial charge is 0.378 e. The number of benzene rings is 1. The summed E-state index contributed by atoms with van der Waals surface area (Å²) in [5, 5.41) is 8.61. The van der Waals surface area contributed by atoms with Gasteiger partial charge in [-0.05, 0) is 37.1 Å². The predicted octanol–water partition coefficient (Wildman–Crippen LogP) is 2.96. The summed E-state index contributed by atoms with van der Waals surface area (Å²) in [6.45, 7) is 5.03. The third kappa shape index (κ3) is 5.16. The van der Waals surface area contributed by atoms with Crippen molar-refractivity contribution in [2.45, 2.75) is 32.8 Å². The average molecular weight is 346 g/mol. The molecule has 0 aliphatic rings. The van der Waals surface area contributed by atoms with Crippen LogP contribution in [0.3, 0.4) is 0 Å². The largest absolute Gasteiger partial charge is 0.477 e. The van der Waals surface area contributed by atoms with E-state index in [9.17, 15) is 18.4 Å². The van der Waals surface area contributed by atoms with Crippen LogP contribution in [0, 0.1) is 5.92 Å². The number of aliphatic carboxylic acids is 1. The van der Waals surface area contributed by atoms with Crippen molar-refractivity contribution < 1.29 is 37.7 Å². The molecule has 6 nitrogen and oxygen atoms in total. The minimum absolute atomic E-state index is 0.00518. The minimum atomic E-state index is -4.18. The number of hydrogen-bond acceptors (Lipinski definition) is 5. The molecule has 1 rings (SSSR count). The summed E-state index contributed by atoms with van der Waals surface area (Å²) >= 11 is 0. The Morgan fingerprint density at radius 2 is 1.79 bits per heavy atom. The van der Waals surface area contributed by atoms with Gasteiger partial charge in [-0.15, -0.1) is 0 Å². The highest BCUT2D eigenvalue weighted by Crippen LogP contribution is 2.28. The van der Waals surface area contributed by atoms with Crippen LogP contribution in [0.5, 0.6) is 5.75 Å². The lowest BCUT2D eigenvalue weighted by atomic mass is 10.0. The van der Waals surface area contributed by atoms with E-state index in [1.807, 2.05) is 0 Å². The average Bonchev–Trinajstić information content (AvgIpc) is 2.52. The second-order valence-electron chi connectivity index (χ2n) is 5.28. The number of rotatable bonds is 9. The van der Waals surface area contributed by atoms with Gasteiger partial charge in [-0.3, -0.25) is 0 Å². The molecule has 1 N–H and O–H groups in total. The Morgan fingerprint density at radius 1 is 1.21 bits per heavy atom. The van der Waals surface area contributed by atoms with Gasteiger partial charge in [0.1, 0.15) is 5.75 Å². The van der Waals surface area contributed by atoms with Gasteiger partial charge < -0.3 is 19.3 Å². The topological polar surface area (TPSA) is 82.1 Å². The van der Waals surface area contributed by atoms with E-state index in [2.05, 4.69) is 0 Å². The van der Waals surface area contributed by atoms with Gasteiger partial charge in [-0.2, -0.15) is 8.78 Å². The molecule has 0 fully saturated rings. The van der Waals surface area contributed by atoms with Crippen LogP contribution in [-0.4, -0.2) is 42.5 Å². The Morgan fingerprint density at radius 3 is 2.25 bits per heavy atom. The first-order valence-corrected chi connectivity index (χ1v) is 7.32. The summed E-state index contributed by atoms with van der Waals surface area (Å²) in [7, 11) is 0. The van der Waals surface area contributed by atoms with Crippen molar-refractivity contribution in [3.63, 3.8) is 0 Å². The van der Waals surface area contributed by atoms with E-state index in [-0.39, 0.29) is 12.4 Å². The molecule has 134 valence electrons. The molecule has 0 saturated heterocycles. The Bertz CT molecular complexity index is 556. The Hall–Kier alpha value is -2.22. The van der Waals surface area contributed by atoms with Crippen molar-refractivity contribution in [1.29, 1.82) is 0 Å². The van der Waals surface area contributed by atoms with E-state index in [0.717, 1.165) is 0 Å². The number of carboxylic acid groups (broad SMARTS) is 1. The van der Waals surface area contributed by atoms with Gasteiger partial charge in [0.15, 0.2) is 12.9 Å². The number of esters is 1. The molecule has 0 heterocycles. The SMILES string of the molecule is CCOCOc1ccc(C(=O)OC(C(C)C)C(F)(F)C(=O)O)cc1. The van der Waals surface area contributed by atoms with Crippen LogP contribution in [0.4, 0.5) is 8.78 Å². The number of carbonyl (C=O) groups is 2. The number of ether oxygens (including phenoxy) is 3. The molecule has 24 heavy (non-hydrogen) atoms. The normalized spacial score (nSPS) is 12.8. The summed E-state index contributed by atoms with van der Waals surface area (Å²) in [5.74, 6) is -8.01. The zero-order chi connectivity index (χ0) is 18.3. The zero-order valence-corrected chi connectivity index (χ0v) is 13.6. The summed E-state index contributed by atoms with van der Waals surface area (Å²) in [5.41, 5.74) is 0.00518. The molecule has 0 amide bonds. The van der Waals surface area contributed by atoms with Gasteiger partial charge in [0.2, 0.25) is 0 Å². The van der Waals surface area contributed by atoms with Crippen LogP contribution in [0.2, 0.25) is 0 Å². The molecule has 8 heteroatoms. The van der Waals surface area contributed by atoms with Crippen LogP contribution >= 0.6 is 0 Å². The van der Waals surface area contributed by atoms with Crippen LogP contribution in [0.1, 0.15) is 31.1 Å². The fourth-order valence-electron chi connectivity index (χ4n) is 1.81. The number of hydrogen-bond donors (Lipinski definition) is 1. The van der Waals surface area contributed by atoms with Gasteiger partial charge in [0.05, 0.1) is 5.56 Å². The van der Waals surface area contributed by atoms with E-state index in [1.54, 1.807) is 6.92 Å². The molecule has 0 aliphatic carbocycles. The number of alkyl halides is 2. The van der Waals surface area contributed by atoms with Gasteiger partial charge in [0, 0.05) is 6.61 Å². The summed E-state index contributed by atoms with van der Waals surface area (Å²) in [6, 6.07) is 5.57. The van der Waals surface area contributed by atoms with E-state index in [4.69, 9.17) is 19.3 Å². The first-order chi connectivity index (χ1) is 11.2. The van der Waals surface area contributed by atoms with Gasteiger partial charge in [-0.25, -0.2) is 9.59 Å². The number of halogens is 2. The van der Waals surface area contributed by atoms with Gasteiger partial charge in [0.25, 0.3) is 0 Å². The zero-order valence-electron chi connectivity index (χ0n) is 13.6.